The van der Waals surface area contributed by atoms with Gasteiger partial charge in [-0.1, -0.05) is 35.5 Å². The maximum absolute atomic E-state index is 8.77. The smallest absolute Gasteiger partial charge is 0.226 e. The van der Waals surface area contributed by atoms with Crippen LogP contribution in [0, 0.1) is 0 Å². The summed E-state index contributed by atoms with van der Waals surface area (Å²) in [6.07, 6.45) is 4.59. The quantitative estimate of drug-likeness (QED) is 0.809. The molecule has 0 unspecified atom stereocenters. The van der Waals surface area contributed by atoms with Gasteiger partial charge in [-0.3, -0.25) is 0 Å². The van der Waals surface area contributed by atoms with Crippen molar-refractivity contribution in [2.24, 2.45) is 0 Å². The predicted octanol–water partition coefficient (Wildman–Crippen LogP) is 2.46. The molecule has 1 aromatic heterocycles. The standard InChI is InChI=1S/C15H18N2O2/c18-11-5-4-8-13-16-14(17-19-13)15(9-10-15)12-6-2-1-3-7-12/h1-3,6-7,18H,4-5,8-11H2. The van der Waals surface area contributed by atoms with Crippen molar-refractivity contribution in [1.29, 1.82) is 0 Å². The van der Waals surface area contributed by atoms with Crippen LogP contribution in [0.3, 0.4) is 0 Å². The number of aliphatic hydroxyl groups excluding tert-OH is 1. The first-order valence-corrected chi connectivity index (χ1v) is 6.85. The Balaban J connectivity index is 1.76. The first kappa shape index (κ1) is 12.4. The van der Waals surface area contributed by atoms with Crippen molar-refractivity contribution < 1.29 is 9.63 Å². The molecule has 0 aliphatic heterocycles. The zero-order chi connectivity index (χ0) is 13.1. The molecule has 1 heterocycles. The van der Waals surface area contributed by atoms with Gasteiger partial charge in [0.2, 0.25) is 5.89 Å². The third-order valence-corrected chi connectivity index (χ3v) is 3.77. The molecule has 1 N–H and O–H groups in total. The van der Waals surface area contributed by atoms with Crippen LogP contribution < -0.4 is 0 Å². The average molecular weight is 258 g/mol. The Morgan fingerprint density at radius 1 is 1.16 bits per heavy atom. The molecule has 1 aliphatic carbocycles. The first-order chi connectivity index (χ1) is 9.35. The second-order valence-electron chi connectivity index (χ2n) is 5.14. The number of rotatable bonds is 6. The molecule has 0 radical (unpaired) electrons. The summed E-state index contributed by atoms with van der Waals surface area (Å²) in [5.41, 5.74) is 1.26. The Hall–Kier alpha value is -1.68. The van der Waals surface area contributed by atoms with E-state index in [1.165, 1.54) is 5.56 Å². The molecule has 0 atom stereocenters. The first-order valence-electron chi connectivity index (χ1n) is 6.85. The van der Waals surface area contributed by atoms with Gasteiger partial charge < -0.3 is 9.63 Å². The minimum absolute atomic E-state index is 0.0139. The lowest BCUT2D eigenvalue weighted by molar-refractivity contribution is 0.280. The van der Waals surface area contributed by atoms with Crippen LogP contribution >= 0.6 is 0 Å². The van der Waals surface area contributed by atoms with Crippen molar-refractivity contribution in [3.8, 4) is 0 Å². The van der Waals surface area contributed by atoms with Crippen molar-refractivity contribution in [2.75, 3.05) is 6.61 Å². The molecule has 1 aliphatic rings. The number of aromatic nitrogens is 2. The van der Waals surface area contributed by atoms with Crippen LogP contribution in [0.1, 0.15) is 43.0 Å². The summed E-state index contributed by atoms with van der Waals surface area (Å²) in [6, 6.07) is 10.4. The van der Waals surface area contributed by atoms with Crippen LogP contribution in [0.5, 0.6) is 0 Å². The normalized spacial score (nSPS) is 16.5. The second kappa shape index (κ2) is 5.13. The molecule has 2 aromatic rings. The predicted molar refractivity (Wildman–Crippen MR) is 70.8 cm³/mol. The highest BCUT2D eigenvalue weighted by Gasteiger charge is 2.49. The third kappa shape index (κ3) is 2.40. The Bertz CT molecular complexity index is 532. The minimum atomic E-state index is -0.0139. The Morgan fingerprint density at radius 2 is 1.95 bits per heavy atom. The highest BCUT2D eigenvalue weighted by molar-refractivity contribution is 5.38. The van der Waals surface area contributed by atoms with Gasteiger partial charge in [0.25, 0.3) is 0 Å². The van der Waals surface area contributed by atoms with Crippen LogP contribution in [0.4, 0.5) is 0 Å². The Morgan fingerprint density at radius 3 is 2.63 bits per heavy atom. The molecular formula is C15H18N2O2. The van der Waals surface area contributed by atoms with Gasteiger partial charge in [0.05, 0.1) is 5.41 Å². The molecule has 0 saturated heterocycles. The summed E-state index contributed by atoms with van der Waals surface area (Å²) in [5.74, 6) is 1.50. The van der Waals surface area contributed by atoms with Crippen molar-refractivity contribution in [1.82, 2.24) is 10.1 Å². The van der Waals surface area contributed by atoms with Gasteiger partial charge in [0.1, 0.15) is 0 Å². The van der Waals surface area contributed by atoms with E-state index in [4.69, 9.17) is 9.63 Å². The lowest BCUT2D eigenvalue weighted by atomic mass is 9.95. The highest BCUT2D eigenvalue weighted by Crippen LogP contribution is 2.52. The number of aryl methyl sites for hydroxylation is 1. The van der Waals surface area contributed by atoms with Gasteiger partial charge in [0.15, 0.2) is 5.82 Å². The fraction of sp³-hybridized carbons (Fsp3) is 0.467. The molecule has 19 heavy (non-hydrogen) atoms. The van der Waals surface area contributed by atoms with E-state index < -0.39 is 0 Å². The summed E-state index contributed by atoms with van der Waals surface area (Å²) in [5, 5.41) is 12.9. The largest absolute Gasteiger partial charge is 0.396 e. The van der Waals surface area contributed by atoms with Crippen LogP contribution in [-0.2, 0) is 11.8 Å². The Labute approximate surface area is 112 Å². The van der Waals surface area contributed by atoms with Gasteiger partial charge >= 0.3 is 0 Å². The summed E-state index contributed by atoms with van der Waals surface area (Å²) in [4.78, 5) is 4.53. The fourth-order valence-corrected chi connectivity index (χ4v) is 2.46. The maximum atomic E-state index is 8.77. The second-order valence-corrected chi connectivity index (χ2v) is 5.14. The maximum Gasteiger partial charge on any atom is 0.226 e. The van der Waals surface area contributed by atoms with Crippen molar-refractivity contribution >= 4 is 0 Å². The zero-order valence-electron chi connectivity index (χ0n) is 10.9. The lowest BCUT2D eigenvalue weighted by Gasteiger charge is -2.09. The van der Waals surface area contributed by atoms with E-state index in [0.717, 1.165) is 37.9 Å². The topological polar surface area (TPSA) is 59.2 Å². The zero-order valence-corrected chi connectivity index (χ0v) is 10.9. The SMILES string of the molecule is OCCCCc1nc(C2(c3ccccc3)CC2)no1. The van der Waals surface area contributed by atoms with Gasteiger partial charge in [-0.05, 0) is 31.2 Å². The molecule has 0 amide bonds. The molecule has 0 spiro atoms. The van der Waals surface area contributed by atoms with Crippen LogP contribution in [0.2, 0.25) is 0 Å². The minimum Gasteiger partial charge on any atom is -0.396 e. The van der Waals surface area contributed by atoms with Crippen LogP contribution in [0.25, 0.3) is 0 Å². The monoisotopic (exact) mass is 258 g/mol. The number of aliphatic hydroxyl groups is 1. The molecule has 4 nitrogen and oxygen atoms in total. The number of unbranched alkanes of at least 4 members (excludes halogenated alkanes) is 1. The fourth-order valence-electron chi connectivity index (χ4n) is 2.46. The van der Waals surface area contributed by atoms with Crippen LogP contribution in [0.15, 0.2) is 34.9 Å². The molecule has 3 rings (SSSR count). The number of hydrogen-bond donors (Lipinski definition) is 1. The van der Waals surface area contributed by atoms with Crippen molar-refractivity contribution in [2.45, 2.75) is 37.5 Å². The third-order valence-electron chi connectivity index (χ3n) is 3.77. The number of nitrogens with zero attached hydrogens (tertiary/aromatic N) is 2. The molecule has 0 bridgehead atoms. The van der Waals surface area contributed by atoms with E-state index in [-0.39, 0.29) is 12.0 Å². The van der Waals surface area contributed by atoms with E-state index in [9.17, 15) is 0 Å². The molecule has 1 saturated carbocycles. The molecule has 1 aromatic carbocycles. The van der Waals surface area contributed by atoms with Gasteiger partial charge in [0, 0.05) is 13.0 Å². The van der Waals surface area contributed by atoms with Crippen molar-refractivity contribution in [3.63, 3.8) is 0 Å². The van der Waals surface area contributed by atoms with Gasteiger partial charge in [-0.25, -0.2) is 0 Å². The summed E-state index contributed by atoms with van der Waals surface area (Å²) in [7, 11) is 0. The van der Waals surface area contributed by atoms with E-state index in [1.807, 2.05) is 6.07 Å². The average Bonchev–Trinajstić information content (AvgIpc) is 3.14. The van der Waals surface area contributed by atoms with E-state index in [0.29, 0.717) is 5.89 Å². The van der Waals surface area contributed by atoms with Crippen molar-refractivity contribution in [3.05, 3.63) is 47.6 Å². The summed E-state index contributed by atoms with van der Waals surface area (Å²) in [6.45, 7) is 0.217. The molecule has 100 valence electrons. The lowest BCUT2D eigenvalue weighted by Crippen LogP contribution is -2.10. The van der Waals surface area contributed by atoms with E-state index in [1.54, 1.807) is 0 Å². The molecular weight excluding hydrogens is 240 g/mol. The number of hydrogen-bond acceptors (Lipinski definition) is 4. The van der Waals surface area contributed by atoms with E-state index in [2.05, 4.69) is 34.4 Å². The van der Waals surface area contributed by atoms with E-state index >= 15 is 0 Å². The van der Waals surface area contributed by atoms with Gasteiger partial charge in [-0.15, -0.1) is 0 Å². The number of benzene rings is 1. The van der Waals surface area contributed by atoms with Crippen LogP contribution in [-0.4, -0.2) is 21.9 Å². The Kier molecular flexibility index (Phi) is 3.34. The summed E-state index contributed by atoms with van der Waals surface area (Å²) < 4.78 is 5.32. The van der Waals surface area contributed by atoms with Gasteiger partial charge in [-0.2, -0.15) is 4.98 Å². The molecule has 4 heteroatoms. The summed E-state index contributed by atoms with van der Waals surface area (Å²) >= 11 is 0. The molecule has 1 fully saturated rings. The highest BCUT2D eigenvalue weighted by atomic mass is 16.5.